The first-order chi connectivity index (χ1) is 12.4. The minimum atomic E-state index is -3.32. The molecule has 26 heavy (non-hydrogen) atoms. The molecule has 1 aliphatic carbocycles. The van der Waals surface area contributed by atoms with Gasteiger partial charge >= 0.3 is 0 Å². The van der Waals surface area contributed by atoms with Crippen LogP contribution in [0.5, 0.6) is 0 Å². The van der Waals surface area contributed by atoms with E-state index in [-0.39, 0.29) is 28.8 Å². The van der Waals surface area contributed by atoms with E-state index in [1.54, 1.807) is 10.4 Å². The van der Waals surface area contributed by atoms with Gasteiger partial charge in [0.2, 0.25) is 10.0 Å². The molecule has 1 amide bonds. The molecule has 2 atom stereocenters. The topological polar surface area (TPSA) is 105 Å². The molecule has 1 aromatic heterocycles. The molecule has 1 aromatic rings. The van der Waals surface area contributed by atoms with Crippen LogP contribution in [0.4, 0.5) is 0 Å². The average molecular weight is 382 g/mol. The number of carbonyl (C=O) groups is 1. The lowest BCUT2D eigenvalue weighted by Crippen LogP contribution is -2.45. The Morgan fingerprint density at radius 3 is 2.69 bits per heavy atom. The highest BCUT2D eigenvalue weighted by Crippen LogP contribution is 2.40. The molecular weight excluding hydrogens is 356 g/mol. The van der Waals surface area contributed by atoms with Gasteiger partial charge < -0.3 is 15.2 Å². The zero-order chi connectivity index (χ0) is 18.3. The second kappa shape index (κ2) is 6.94. The van der Waals surface area contributed by atoms with Gasteiger partial charge in [0.1, 0.15) is 5.76 Å². The number of carbonyl (C=O) groups excluding carboxylic acids is 1. The normalized spacial score (nSPS) is 28.3. The van der Waals surface area contributed by atoms with Crippen LogP contribution in [0.3, 0.4) is 0 Å². The molecule has 1 saturated carbocycles. The van der Waals surface area contributed by atoms with Crippen molar-refractivity contribution in [2.45, 2.75) is 49.8 Å². The van der Waals surface area contributed by atoms with Crippen LogP contribution in [0.15, 0.2) is 10.6 Å². The SMILES string of the molecule is C[C@@H]1CN(S(=O)(=O)C2CCNCC2)C[C@@H]1NC(=O)c1cc(C2CC2)on1. The maximum atomic E-state index is 12.9. The number of sulfonamides is 1. The van der Waals surface area contributed by atoms with Crippen molar-refractivity contribution in [3.8, 4) is 0 Å². The smallest absolute Gasteiger partial charge is 0.273 e. The Bertz CT molecular complexity index is 767. The Hall–Kier alpha value is -1.45. The minimum absolute atomic E-state index is 0.0604. The summed E-state index contributed by atoms with van der Waals surface area (Å²) in [6.45, 7) is 4.23. The van der Waals surface area contributed by atoms with Crippen LogP contribution in [0.2, 0.25) is 0 Å². The molecule has 2 N–H and O–H groups in total. The van der Waals surface area contributed by atoms with Gasteiger partial charge in [-0.2, -0.15) is 4.31 Å². The Labute approximate surface area is 153 Å². The predicted octanol–water partition coefficient (Wildman–Crippen LogP) is 0.684. The van der Waals surface area contributed by atoms with Crippen molar-refractivity contribution in [1.29, 1.82) is 0 Å². The molecule has 0 spiro atoms. The Balaban J connectivity index is 1.39. The summed E-state index contributed by atoms with van der Waals surface area (Å²) < 4.78 is 32.5. The first-order valence-electron chi connectivity index (χ1n) is 9.42. The van der Waals surface area contributed by atoms with Gasteiger partial charge in [-0.15, -0.1) is 0 Å². The highest BCUT2D eigenvalue weighted by atomic mass is 32.2. The molecular formula is C17H26N4O4S. The van der Waals surface area contributed by atoms with Crippen molar-refractivity contribution < 1.29 is 17.7 Å². The van der Waals surface area contributed by atoms with Crippen LogP contribution in [0, 0.1) is 5.92 Å². The number of hydrogen-bond acceptors (Lipinski definition) is 6. The molecule has 0 bridgehead atoms. The van der Waals surface area contributed by atoms with Gasteiger partial charge in [-0.3, -0.25) is 4.79 Å². The summed E-state index contributed by atoms with van der Waals surface area (Å²) in [5.41, 5.74) is 0.277. The molecule has 3 heterocycles. The molecule has 2 aliphatic heterocycles. The zero-order valence-electron chi connectivity index (χ0n) is 15.0. The van der Waals surface area contributed by atoms with E-state index in [1.807, 2.05) is 6.92 Å². The lowest BCUT2D eigenvalue weighted by atomic mass is 10.1. The maximum absolute atomic E-state index is 12.9. The summed E-state index contributed by atoms with van der Waals surface area (Å²) in [6, 6.07) is 1.50. The summed E-state index contributed by atoms with van der Waals surface area (Å²) >= 11 is 0. The largest absolute Gasteiger partial charge is 0.360 e. The van der Waals surface area contributed by atoms with Crippen LogP contribution in [0.1, 0.15) is 54.8 Å². The number of nitrogens with zero attached hydrogens (tertiary/aromatic N) is 2. The van der Waals surface area contributed by atoms with E-state index in [0.717, 1.165) is 31.7 Å². The van der Waals surface area contributed by atoms with Gasteiger partial charge in [-0.05, 0) is 44.7 Å². The third-order valence-corrected chi connectivity index (χ3v) is 8.04. The number of piperidine rings is 1. The van der Waals surface area contributed by atoms with Gasteiger partial charge in [0.25, 0.3) is 5.91 Å². The van der Waals surface area contributed by atoms with Crippen molar-refractivity contribution in [2.75, 3.05) is 26.2 Å². The predicted molar refractivity (Wildman–Crippen MR) is 95.3 cm³/mol. The fraction of sp³-hybridized carbons (Fsp3) is 0.765. The Morgan fingerprint density at radius 2 is 2.00 bits per heavy atom. The molecule has 3 aliphatic rings. The summed E-state index contributed by atoms with van der Waals surface area (Å²) in [4.78, 5) is 12.5. The molecule has 0 unspecified atom stereocenters. The maximum Gasteiger partial charge on any atom is 0.273 e. The molecule has 8 nitrogen and oxygen atoms in total. The van der Waals surface area contributed by atoms with E-state index in [9.17, 15) is 13.2 Å². The molecule has 3 fully saturated rings. The van der Waals surface area contributed by atoms with Crippen LogP contribution in [-0.4, -0.2) is 61.3 Å². The van der Waals surface area contributed by atoms with E-state index in [2.05, 4.69) is 15.8 Å². The first kappa shape index (κ1) is 17.9. The van der Waals surface area contributed by atoms with E-state index >= 15 is 0 Å². The second-order valence-electron chi connectivity index (χ2n) is 7.76. The van der Waals surface area contributed by atoms with Crippen molar-refractivity contribution in [3.63, 3.8) is 0 Å². The third-order valence-electron chi connectivity index (χ3n) is 5.70. The fourth-order valence-electron chi connectivity index (χ4n) is 3.82. The summed E-state index contributed by atoms with van der Waals surface area (Å²) in [7, 11) is -3.32. The first-order valence-corrected chi connectivity index (χ1v) is 10.9. The number of rotatable bonds is 5. The van der Waals surface area contributed by atoms with Crippen LogP contribution in [-0.2, 0) is 10.0 Å². The van der Waals surface area contributed by atoms with Gasteiger partial charge in [0.15, 0.2) is 5.69 Å². The lowest BCUT2D eigenvalue weighted by Gasteiger charge is -2.27. The molecule has 4 rings (SSSR count). The summed E-state index contributed by atoms with van der Waals surface area (Å²) in [5.74, 6) is 0.939. The highest BCUT2D eigenvalue weighted by molar-refractivity contribution is 7.89. The van der Waals surface area contributed by atoms with Gasteiger partial charge in [0, 0.05) is 31.1 Å². The quantitative estimate of drug-likeness (QED) is 0.776. The van der Waals surface area contributed by atoms with Crippen LogP contribution >= 0.6 is 0 Å². The molecule has 2 saturated heterocycles. The van der Waals surface area contributed by atoms with Crippen molar-refractivity contribution in [1.82, 2.24) is 20.1 Å². The standard InChI is InChI=1S/C17H26N4O4S/c1-11-9-21(26(23,24)13-4-6-18-7-5-13)10-15(11)19-17(22)14-8-16(25-20-14)12-2-3-12/h8,11-13,15,18H,2-7,9-10H2,1H3,(H,19,22)/t11-,15+/m1/s1. The Kier molecular flexibility index (Phi) is 4.79. The average Bonchev–Trinajstić information content (AvgIpc) is 3.24. The third kappa shape index (κ3) is 3.52. The lowest BCUT2D eigenvalue weighted by molar-refractivity contribution is 0.0923. The van der Waals surface area contributed by atoms with E-state index in [1.165, 1.54) is 0 Å². The second-order valence-corrected chi connectivity index (χ2v) is 9.97. The molecule has 9 heteroatoms. The van der Waals surface area contributed by atoms with E-state index in [4.69, 9.17) is 4.52 Å². The van der Waals surface area contributed by atoms with Gasteiger partial charge in [-0.1, -0.05) is 12.1 Å². The highest BCUT2D eigenvalue weighted by Gasteiger charge is 2.41. The molecule has 0 aromatic carbocycles. The van der Waals surface area contributed by atoms with Crippen molar-refractivity contribution >= 4 is 15.9 Å². The van der Waals surface area contributed by atoms with Crippen LogP contribution in [0.25, 0.3) is 0 Å². The van der Waals surface area contributed by atoms with Crippen LogP contribution < -0.4 is 10.6 Å². The molecule has 144 valence electrons. The van der Waals surface area contributed by atoms with Crippen molar-refractivity contribution in [2.24, 2.45) is 5.92 Å². The molecule has 0 radical (unpaired) electrons. The zero-order valence-corrected chi connectivity index (χ0v) is 15.8. The number of hydrogen-bond donors (Lipinski definition) is 2. The fourth-order valence-corrected chi connectivity index (χ4v) is 5.89. The monoisotopic (exact) mass is 382 g/mol. The summed E-state index contributed by atoms with van der Waals surface area (Å²) in [6.07, 6.45) is 3.46. The minimum Gasteiger partial charge on any atom is -0.360 e. The number of aromatic nitrogens is 1. The van der Waals surface area contributed by atoms with Crippen molar-refractivity contribution in [3.05, 3.63) is 17.5 Å². The number of amides is 1. The van der Waals surface area contributed by atoms with E-state index in [0.29, 0.717) is 31.8 Å². The Morgan fingerprint density at radius 1 is 1.27 bits per heavy atom. The van der Waals surface area contributed by atoms with Gasteiger partial charge in [0.05, 0.1) is 5.25 Å². The van der Waals surface area contributed by atoms with Gasteiger partial charge in [-0.25, -0.2) is 8.42 Å². The van der Waals surface area contributed by atoms with E-state index < -0.39 is 10.0 Å². The summed E-state index contributed by atoms with van der Waals surface area (Å²) in [5, 5.41) is 9.68. The number of nitrogens with one attached hydrogen (secondary N) is 2.